The Morgan fingerprint density at radius 3 is 1.24 bits per heavy atom. The van der Waals surface area contributed by atoms with Gasteiger partial charge < -0.3 is 4.42 Å². The minimum Gasteiger partial charge on any atom is -0.466 e. The third kappa shape index (κ3) is 3.62. The molecule has 0 fully saturated rings. The molecule has 0 saturated carbocycles. The number of hydrogen-bond acceptors (Lipinski definition) is 1. The smallest absolute Gasteiger partial charge is 0.107 e. The van der Waals surface area contributed by atoms with Crippen molar-refractivity contribution in [2.45, 2.75) is 79.1 Å². The lowest BCUT2D eigenvalue weighted by molar-refractivity contribution is 0.454. The van der Waals surface area contributed by atoms with Crippen molar-refractivity contribution in [2.24, 2.45) is 0 Å². The Bertz CT molecular complexity index is 292. The summed E-state index contributed by atoms with van der Waals surface area (Å²) in [4.78, 5) is 0. The Morgan fingerprint density at radius 2 is 0.941 bits per heavy atom. The molecule has 17 heavy (non-hydrogen) atoms. The molecule has 1 aromatic heterocycles. The molecule has 1 nitrogen and oxygen atoms in total. The Kier molecular flexibility index (Phi) is 6.39. The van der Waals surface area contributed by atoms with Crippen LogP contribution in [0.2, 0.25) is 0 Å². The maximum Gasteiger partial charge on any atom is 0.107 e. The van der Waals surface area contributed by atoms with Crippen LogP contribution in [0.15, 0.2) is 4.42 Å². The van der Waals surface area contributed by atoms with Gasteiger partial charge in [-0.05, 0) is 36.8 Å². The molecule has 0 aliphatic heterocycles. The zero-order valence-electron chi connectivity index (χ0n) is 12.1. The van der Waals surface area contributed by atoms with Crippen LogP contribution in [0.1, 0.15) is 76.0 Å². The summed E-state index contributed by atoms with van der Waals surface area (Å²) in [5.41, 5.74) is 3.08. The van der Waals surface area contributed by atoms with E-state index in [-0.39, 0.29) is 0 Å². The van der Waals surface area contributed by atoms with Gasteiger partial charge in [0.1, 0.15) is 11.5 Å². The topological polar surface area (TPSA) is 13.1 Å². The SMILES string of the molecule is CCCc1oc(CCC)c(CCC)c1CCC. The summed E-state index contributed by atoms with van der Waals surface area (Å²) in [5, 5.41) is 0. The molecular weight excluding hydrogens is 208 g/mol. The van der Waals surface area contributed by atoms with Crippen LogP contribution >= 0.6 is 0 Å². The molecule has 0 atom stereocenters. The van der Waals surface area contributed by atoms with Gasteiger partial charge in [-0.25, -0.2) is 0 Å². The molecule has 0 aliphatic carbocycles. The van der Waals surface area contributed by atoms with E-state index in [1.54, 1.807) is 11.1 Å². The minimum absolute atomic E-state index is 1.11. The van der Waals surface area contributed by atoms with Crippen LogP contribution in [-0.2, 0) is 25.7 Å². The van der Waals surface area contributed by atoms with E-state index in [4.69, 9.17) is 4.42 Å². The van der Waals surface area contributed by atoms with Crippen LogP contribution in [0.3, 0.4) is 0 Å². The first-order valence-corrected chi connectivity index (χ1v) is 7.40. The molecule has 1 heteroatoms. The fourth-order valence-electron chi connectivity index (χ4n) is 2.55. The standard InChI is InChI=1S/C16H28O/c1-5-9-13-14(10-6-2)16(12-8-4)17-15(13)11-7-3/h5-12H2,1-4H3. The molecule has 1 heterocycles. The van der Waals surface area contributed by atoms with E-state index in [9.17, 15) is 0 Å². The first-order chi connectivity index (χ1) is 8.28. The molecule has 1 aromatic rings. The fourth-order valence-corrected chi connectivity index (χ4v) is 2.55. The van der Waals surface area contributed by atoms with E-state index in [0.717, 1.165) is 12.8 Å². The lowest BCUT2D eigenvalue weighted by atomic mass is 9.97. The highest BCUT2D eigenvalue weighted by molar-refractivity contribution is 5.34. The van der Waals surface area contributed by atoms with E-state index in [0.29, 0.717) is 0 Å². The first kappa shape index (κ1) is 14.3. The molecule has 0 spiro atoms. The Labute approximate surface area is 107 Å². The summed E-state index contributed by atoms with van der Waals surface area (Å²) in [5.74, 6) is 2.56. The minimum atomic E-state index is 1.11. The van der Waals surface area contributed by atoms with Crippen LogP contribution in [0, 0.1) is 0 Å². The van der Waals surface area contributed by atoms with E-state index >= 15 is 0 Å². The van der Waals surface area contributed by atoms with Crippen molar-refractivity contribution < 1.29 is 4.42 Å². The number of rotatable bonds is 8. The van der Waals surface area contributed by atoms with Crippen molar-refractivity contribution in [3.05, 3.63) is 22.6 Å². The van der Waals surface area contributed by atoms with E-state index in [1.807, 2.05) is 0 Å². The van der Waals surface area contributed by atoms with Gasteiger partial charge in [-0.1, -0.05) is 40.5 Å². The molecule has 0 bridgehead atoms. The third-order valence-corrected chi connectivity index (χ3v) is 3.24. The normalized spacial score (nSPS) is 11.1. The van der Waals surface area contributed by atoms with Gasteiger partial charge >= 0.3 is 0 Å². The molecule has 0 unspecified atom stereocenters. The van der Waals surface area contributed by atoms with Crippen LogP contribution in [0.25, 0.3) is 0 Å². The van der Waals surface area contributed by atoms with Crippen LogP contribution in [0.4, 0.5) is 0 Å². The van der Waals surface area contributed by atoms with Crippen LogP contribution < -0.4 is 0 Å². The van der Waals surface area contributed by atoms with Gasteiger partial charge in [0.2, 0.25) is 0 Å². The van der Waals surface area contributed by atoms with Gasteiger partial charge in [0.25, 0.3) is 0 Å². The molecule has 0 radical (unpaired) electrons. The van der Waals surface area contributed by atoms with Crippen LogP contribution in [0.5, 0.6) is 0 Å². The molecule has 0 aliphatic rings. The summed E-state index contributed by atoms with van der Waals surface area (Å²) in [6.45, 7) is 8.99. The van der Waals surface area contributed by atoms with Crippen molar-refractivity contribution in [3.63, 3.8) is 0 Å². The van der Waals surface area contributed by atoms with Gasteiger partial charge in [-0.3, -0.25) is 0 Å². The Hall–Kier alpha value is -0.720. The number of aryl methyl sites for hydroxylation is 2. The van der Waals surface area contributed by atoms with Crippen molar-refractivity contribution >= 4 is 0 Å². The number of furan rings is 1. The van der Waals surface area contributed by atoms with Crippen molar-refractivity contribution in [1.29, 1.82) is 0 Å². The first-order valence-electron chi connectivity index (χ1n) is 7.40. The fraction of sp³-hybridized carbons (Fsp3) is 0.750. The predicted molar refractivity (Wildman–Crippen MR) is 74.7 cm³/mol. The average molecular weight is 236 g/mol. The maximum atomic E-state index is 6.13. The summed E-state index contributed by atoms with van der Waals surface area (Å²) >= 11 is 0. The van der Waals surface area contributed by atoms with Gasteiger partial charge in [0.05, 0.1) is 0 Å². The molecule has 0 amide bonds. The second kappa shape index (κ2) is 7.58. The zero-order chi connectivity index (χ0) is 12.7. The Balaban J connectivity index is 3.07. The molecule has 0 N–H and O–H groups in total. The van der Waals surface area contributed by atoms with Crippen molar-refractivity contribution in [2.75, 3.05) is 0 Å². The predicted octanol–water partition coefficient (Wildman–Crippen LogP) is 5.09. The molecule has 1 rings (SSSR count). The highest BCUT2D eigenvalue weighted by Gasteiger charge is 2.17. The van der Waals surface area contributed by atoms with Gasteiger partial charge in [0.15, 0.2) is 0 Å². The van der Waals surface area contributed by atoms with Gasteiger partial charge in [-0.15, -0.1) is 0 Å². The highest BCUT2D eigenvalue weighted by atomic mass is 16.3. The maximum absolute atomic E-state index is 6.13. The van der Waals surface area contributed by atoms with E-state index < -0.39 is 0 Å². The summed E-state index contributed by atoms with van der Waals surface area (Å²) in [6.07, 6.45) is 9.40. The highest BCUT2D eigenvalue weighted by Crippen LogP contribution is 2.28. The number of hydrogen-bond donors (Lipinski definition) is 0. The molecule has 0 saturated heterocycles. The second-order valence-electron chi connectivity index (χ2n) is 4.91. The molecule has 0 aromatic carbocycles. The van der Waals surface area contributed by atoms with Crippen molar-refractivity contribution in [1.82, 2.24) is 0 Å². The molecular formula is C16H28O. The summed E-state index contributed by atoms with van der Waals surface area (Å²) < 4.78 is 6.13. The third-order valence-electron chi connectivity index (χ3n) is 3.24. The monoisotopic (exact) mass is 236 g/mol. The van der Waals surface area contributed by atoms with Gasteiger partial charge in [-0.2, -0.15) is 0 Å². The van der Waals surface area contributed by atoms with E-state index in [2.05, 4.69) is 27.7 Å². The molecule has 98 valence electrons. The lowest BCUT2D eigenvalue weighted by Gasteiger charge is -2.04. The average Bonchev–Trinajstić information content (AvgIpc) is 2.61. The summed E-state index contributed by atoms with van der Waals surface area (Å²) in [7, 11) is 0. The largest absolute Gasteiger partial charge is 0.466 e. The quantitative estimate of drug-likeness (QED) is 0.612. The van der Waals surface area contributed by atoms with Crippen molar-refractivity contribution in [3.8, 4) is 0 Å². The van der Waals surface area contributed by atoms with E-state index in [1.165, 1.54) is 50.0 Å². The summed E-state index contributed by atoms with van der Waals surface area (Å²) in [6, 6.07) is 0. The van der Waals surface area contributed by atoms with Crippen LogP contribution in [-0.4, -0.2) is 0 Å². The second-order valence-corrected chi connectivity index (χ2v) is 4.91. The Morgan fingerprint density at radius 1 is 0.588 bits per heavy atom. The zero-order valence-corrected chi connectivity index (χ0v) is 12.1. The lowest BCUT2D eigenvalue weighted by Crippen LogP contribution is -1.96. The van der Waals surface area contributed by atoms with Gasteiger partial charge in [0, 0.05) is 12.8 Å².